The van der Waals surface area contributed by atoms with Gasteiger partial charge in [0, 0.05) is 10.2 Å². The van der Waals surface area contributed by atoms with Gasteiger partial charge in [-0.2, -0.15) is 8.78 Å². The van der Waals surface area contributed by atoms with Crippen molar-refractivity contribution in [2.24, 2.45) is 0 Å². The Hall–Kier alpha value is -1.75. The van der Waals surface area contributed by atoms with Gasteiger partial charge in [0.25, 0.3) is 0 Å². The molecular weight excluding hydrogens is 328 g/mol. The van der Waals surface area contributed by atoms with Crippen LogP contribution in [0.15, 0.2) is 59.1 Å². The molecule has 0 bridgehead atoms. The van der Waals surface area contributed by atoms with Gasteiger partial charge in [-0.25, -0.2) is 0 Å². The van der Waals surface area contributed by atoms with E-state index in [9.17, 15) is 13.6 Å². The van der Waals surface area contributed by atoms with Crippen molar-refractivity contribution in [1.82, 2.24) is 0 Å². The second kappa shape index (κ2) is 4.66. The summed E-state index contributed by atoms with van der Waals surface area (Å²) < 4.78 is 28.6. The minimum absolute atomic E-state index is 0.418. The van der Waals surface area contributed by atoms with Crippen LogP contribution in [0.3, 0.4) is 0 Å². The number of nitrogens with zero attached hydrogens (tertiary/aromatic N) is 1. The van der Waals surface area contributed by atoms with E-state index in [1.54, 1.807) is 54.6 Å². The first-order valence-electron chi connectivity index (χ1n) is 6.04. The third-order valence-electron chi connectivity index (χ3n) is 3.33. The number of halogens is 3. The molecule has 1 fully saturated rings. The van der Waals surface area contributed by atoms with Gasteiger partial charge in [-0.05, 0) is 29.8 Å². The van der Waals surface area contributed by atoms with E-state index in [0.717, 1.165) is 9.37 Å². The highest BCUT2D eigenvalue weighted by molar-refractivity contribution is 9.10. The second-order valence-corrected chi connectivity index (χ2v) is 5.50. The quantitative estimate of drug-likeness (QED) is 0.753. The summed E-state index contributed by atoms with van der Waals surface area (Å²) in [5.74, 6) is -4.51. The molecule has 0 N–H and O–H groups in total. The molecule has 1 heterocycles. The molecule has 1 saturated heterocycles. The van der Waals surface area contributed by atoms with Crippen LogP contribution in [-0.2, 0) is 4.79 Å². The Morgan fingerprint density at radius 1 is 1.00 bits per heavy atom. The normalized spacial score (nSPS) is 20.6. The highest BCUT2D eigenvalue weighted by Gasteiger charge is 2.64. The smallest absolute Gasteiger partial charge is 0.293 e. The first kappa shape index (κ1) is 13.2. The van der Waals surface area contributed by atoms with Gasteiger partial charge in [-0.15, -0.1) is 0 Å². The van der Waals surface area contributed by atoms with E-state index in [1.165, 1.54) is 0 Å². The lowest BCUT2D eigenvalue weighted by atomic mass is 9.89. The third-order valence-corrected chi connectivity index (χ3v) is 3.85. The molecule has 2 aromatic carbocycles. The molecule has 0 aliphatic carbocycles. The van der Waals surface area contributed by atoms with Gasteiger partial charge < -0.3 is 0 Å². The Balaban J connectivity index is 2.02. The molecule has 2 nitrogen and oxygen atoms in total. The SMILES string of the molecule is O=C1N(c2ccccc2)C(c2ccc(Br)cc2)C1(F)F. The molecule has 102 valence electrons. The molecule has 1 aliphatic heterocycles. The maximum absolute atomic E-state index is 13.9. The number of hydrogen-bond acceptors (Lipinski definition) is 1. The maximum atomic E-state index is 13.9. The van der Waals surface area contributed by atoms with Crippen LogP contribution in [0.2, 0.25) is 0 Å². The Labute approximate surface area is 123 Å². The van der Waals surface area contributed by atoms with Crippen molar-refractivity contribution in [3.05, 3.63) is 64.6 Å². The zero-order chi connectivity index (χ0) is 14.3. The van der Waals surface area contributed by atoms with Crippen molar-refractivity contribution in [2.75, 3.05) is 4.90 Å². The van der Waals surface area contributed by atoms with Gasteiger partial charge in [-0.1, -0.05) is 46.3 Å². The lowest BCUT2D eigenvalue weighted by molar-refractivity contribution is -0.162. The summed E-state index contributed by atoms with van der Waals surface area (Å²) in [6.45, 7) is 0. The predicted molar refractivity (Wildman–Crippen MR) is 75.8 cm³/mol. The minimum Gasteiger partial charge on any atom is -0.293 e. The average Bonchev–Trinajstić information content (AvgIpc) is 2.46. The van der Waals surface area contributed by atoms with Crippen LogP contribution in [0, 0.1) is 0 Å². The predicted octanol–water partition coefficient (Wildman–Crippen LogP) is 4.17. The highest BCUT2D eigenvalue weighted by Crippen LogP contribution is 2.49. The summed E-state index contributed by atoms with van der Waals surface area (Å²) in [7, 11) is 0. The van der Waals surface area contributed by atoms with Crippen LogP contribution in [-0.4, -0.2) is 11.8 Å². The number of alkyl halides is 2. The molecule has 0 radical (unpaired) electrons. The molecule has 1 aliphatic rings. The van der Waals surface area contributed by atoms with Gasteiger partial charge in [-0.3, -0.25) is 9.69 Å². The monoisotopic (exact) mass is 337 g/mol. The van der Waals surface area contributed by atoms with Crippen molar-refractivity contribution in [1.29, 1.82) is 0 Å². The first-order valence-corrected chi connectivity index (χ1v) is 6.83. The van der Waals surface area contributed by atoms with Crippen LogP contribution in [0.1, 0.15) is 11.6 Å². The maximum Gasteiger partial charge on any atom is 0.349 e. The van der Waals surface area contributed by atoms with Crippen molar-refractivity contribution in [3.63, 3.8) is 0 Å². The largest absolute Gasteiger partial charge is 0.349 e. The second-order valence-electron chi connectivity index (χ2n) is 4.59. The van der Waals surface area contributed by atoms with Crippen LogP contribution in [0.5, 0.6) is 0 Å². The molecule has 1 unspecified atom stereocenters. The topological polar surface area (TPSA) is 20.3 Å². The Morgan fingerprint density at radius 3 is 2.20 bits per heavy atom. The standard InChI is InChI=1S/C15H10BrF2NO/c16-11-8-6-10(7-9-11)13-15(17,18)14(20)19(13)12-4-2-1-3-5-12/h1-9,13H. The number of hydrogen-bond donors (Lipinski definition) is 0. The average molecular weight is 338 g/mol. The summed E-state index contributed by atoms with van der Waals surface area (Å²) in [5.41, 5.74) is 0.901. The molecule has 0 saturated carbocycles. The van der Waals surface area contributed by atoms with Crippen LogP contribution >= 0.6 is 15.9 Å². The van der Waals surface area contributed by atoms with Crippen LogP contribution < -0.4 is 4.90 Å². The molecule has 0 spiro atoms. The first-order chi connectivity index (χ1) is 9.51. The zero-order valence-electron chi connectivity index (χ0n) is 10.3. The summed E-state index contributed by atoms with van der Waals surface area (Å²) in [4.78, 5) is 12.8. The summed E-state index contributed by atoms with van der Waals surface area (Å²) in [6.07, 6.45) is 0. The molecule has 2 aromatic rings. The number of anilines is 1. The zero-order valence-corrected chi connectivity index (χ0v) is 11.8. The van der Waals surface area contributed by atoms with Gasteiger partial charge >= 0.3 is 11.8 Å². The van der Waals surface area contributed by atoms with Crippen molar-refractivity contribution < 1.29 is 13.6 Å². The van der Waals surface area contributed by atoms with E-state index in [0.29, 0.717) is 11.3 Å². The Morgan fingerprint density at radius 2 is 1.60 bits per heavy atom. The number of β-lactam (4-membered cyclic amide) rings is 1. The van der Waals surface area contributed by atoms with E-state index in [-0.39, 0.29) is 0 Å². The number of carbonyl (C=O) groups is 1. The van der Waals surface area contributed by atoms with Gasteiger partial charge in [0.2, 0.25) is 0 Å². The van der Waals surface area contributed by atoms with Gasteiger partial charge in [0.15, 0.2) is 0 Å². The van der Waals surface area contributed by atoms with Gasteiger partial charge in [0.1, 0.15) is 6.04 Å². The Kier molecular flexibility index (Phi) is 3.09. The summed E-state index contributed by atoms with van der Waals surface area (Å²) in [5, 5.41) is 0. The van der Waals surface area contributed by atoms with Gasteiger partial charge in [0.05, 0.1) is 0 Å². The number of carbonyl (C=O) groups excluding carboxylic acids is 1. The molecule has 0 aromatic heterocycles. The van der Waals surface area contributed by atoms with Crippen molar-refractivity contribution in [2.45, 2.75) is 12.0 Å². The number of benzene rings is 2. The molecule has 1 amide bonds. The fourth-order valence-electron chi connectivity index (χ4n) is 2.35. The Bertz CT molecular complexity index is 643. The molecule has 5 heteroatoms. The number of para-hydroxylation sites is 1. The van der Waals surface area contributed by atoms with Crippen LogP contribution in [0.25, 0.3) is 0 Å². The molecular formula is C15H10BrF2NO. The lowest BCUT2D eigenvalue weighted by Crippen LogP contribution is -2.64. The number of amides is 1. The molecule has 20 heavy (non-hydrogen) atoms. The van der Waals surface area contributed by atoms with Crippen molar-refractivity contribution >= 4 is 27.5 Å². The summed E-state index contributed by atoms with van der Waals surface area (Å²) in [6, 6.07) is 13.9. The summed E-state index contributed by atoms with van der Waals surface area (Å²) >= 11 is 3.27. The van der Waals surface area contributed by atoms with E-state index in [4.69, 9.17) is 0 Å². The fourth-order valence-corrected chi connectivity index (χ4v) is 2.61. The minimum atomic E-state index is -3.36. The fraction of sp³-hybridized carbons (Fsp3) is 0.133. The van der Waals surface area contributed by atoms with Crippen LogP contribution in [0.4, 0.5) is 14.5 Å². The highest BCUT2D eigenvalue weighted by atomic mass is 79.9. The van der Waals surface area contributed by atoms with Crippen molar-refractivity contribution in [3.8, 4) is 0 Å². The van der Waals surface area contributed by atoms with E-state index in [1.807, 2.05) is 0 Å². The number of rotatable bonds is 2. The lowest BCUT2D eigenvalue weighted by Gasteiger charge is -2.46. The van der Waals surface area contributed by atoms with E-state index >= 15 is 0 Å². The van der Waals surface area contributed by atoms with E-state index < -0.39 is 17.9 Å². The van der Waals surface area contributed by atoms with E-state index in [2.05, 4.69) is 15.9 Å². The molecule has 3 rings (SSSR count). The molecule has 1 atom stereocenters. The third kappa shape index (κ3) is 1.93.